The first kappa shape index (κ1) is 15.5. The third-order valence-electron chi connectivity index (χ3n) is 4.12. The summed E-state index contributed by atoms with van der Waals surface area (Å²) in [7, 11) is 0. The lowest BCUT2D eigenvalue weighted by Gasteiger charge is -2.08. The molecule has 2 amide bonds. The van der Waals surface area contributed by atoms with E-state index in [0.29, 0.717) is 33.6 Å². The molecule has 0 unspecified atom stereocenters. The average molecular weight is 355 g/mol. The van der Waals surface area contributed by atoms with E-state index in [2.05, 4.69) is 4.98 Å². The van der Waals surface area contributed by atoms with Crippen molar-refractivity contribution in [3.8, 4) is 11.5 Å². The van der Waals surface area contributed by atoms with E-state index < -0.39 is 5.63 Å². The van der Waals surface area contributed by atoms with E-state index >= 15 is 0 Å². The van der Waals surface area contributed by atoms with E-state index in [1.54, 1.807) is 37.3 Å². The molecule has 0 radical (unpaired) electrons. The number of aromatic nitrogens is 1. The van der Waals surface area contributed by atoms with Crippen molar-refractivity contribution in [1.29, 1.82) is 0 Å². The number of imide groups is 1. The van der Waals surface area contributed by atoms with Gasteiger partial charge in [-0.15, -0.1) is 0 Å². The van der Waals surface area contributed by atoms with Gasteiger partial charge >= 0.3 is 5.63 Å². The van der Waals surface area contributed by atoms with Gasteiger partial charge in [0.25, 0.3) is 11.8 Å². The highest BCUT2D eigenvalue weighted by Crippen LogP contribution is 2.28. The van der Waals surface area contributed by atoms with Crippen LogP contribution in [0.3, 0.4) is 0 Å². The van der Waals surface area contributed by atoms with Crippen molar-refractivity contribution >= 4 is 34.3 Å². The van der Waals surface area contributed by atoms with Crippen molar-refractivity contribution in [2.75, 3.05) is 6.54 Å². The van der Waals surface area contributed by atoms with Gasteiger partial charge < -0.3 is 4.42 Å². The van der Waals surface area contributed by atoms with Gasteiger partial charge in [0.05, 0.1) is 22.0 Å². The predicted molar refractivity (Wildman–Crippen MR) is 91.8 cm³/mol. The molecule has 124 valence electrons. The van der Waals surface area contributed by atoms with Crippen LogP contribution in [0.4, 0.5) is 0 Å². The average Bonchev–Trinajstić information content (AvgIpc) is 2.84. The van der Waals surface area contributed by atoms with Gasteiger partial charge in [0.2, 0.25) is 5.89 Å². The topological polar surface area (TPSA) is 80.5 Å². The number of benzene rings is 2. The summed E-state index contributed by atoms with van der Waals surface area (Å²) in [5.74, 6) is -0.623. The maximum Gasteiger partial charge on any atom is 0.347 e. The van der Waals surface area contributed by atoms with Crippen LogP contribution in [0.5, 0.6) is 0 Å². The third kappa shape index (κ3) is 2.34. The molecule has 7 heteroatoms. The molecule has 3 aromatic rings. The molecule has 0 saturated heterocycles. The number of hydrogen-bond donors (Lipinski definition) is 0. The Balaban J connectivity index is 1.89. The highest BCUT2D eigenvalue weighted by atomic mass is 35.5. The maximum atomic E-state index is 12.3. The smallest absolute Gasteiger partial charge is 0.347 e. The molecule has 1 aliphatic rings. The van der Waals surface area contributed by atoms with Crippen LogP contribution < -0.4 is 5.63 Å². The standard InChI is InChI=1S/C18H11ClN2O4/c1-2-21-16(22)11-5-3-9(7-13(11)17(21)23)15-20-14-8-10(19)4-6-12(14)18(24)25-15/h3-8H,2H2,1H3. The van der Waals surface area contributed by atoms with Crippen LogP contribution in [0.15, 0.2) is 45.6 Å². The van der Waals surface area contributed by atoms with Crippen molar-refractivity contribution in [3.05, 3.63) is 63.0 Å². The number of carbonyl (C=O) groups is 2. The quantitative estimate of drug-likeness (QED) is 0.660. The first-order valence-corrected chi connectivity index (χ1v) is 7.98. The number of fused-ring (bicyclic) bond motifs is 2. The minimum atomic E-state index is -0.547. The molecule has 0 fully saturated rings. The van der Waals surface area contributed by atoms with Gasteiger partial charge in [-0.05, 0) is 43.3 Å². The fraction of sp³-hybridized carbons (Fsp3) is 0.111. The molecule has 6 nitrogen and oxygen atoms in total. The summed E-state index contributed by atoms with van der Waals surface area (Å²) in [5, 5.41) is 0.766. The second kappa shape index (κ2) is 5.53. The minimum absolute atomic E-state index is 0.0674. The Hall–Kier alpha value is -2.99. The molecule has 0 saturated carbocycles. The van der Waals surface area contributed by atoms with Crippen molar-refractivity contribution in [2.45, 2.75) is 6.92 Å². The van der Waals surface area contributed by atoms with Gasteiger partial charge in [0.15, 0.2) is 0 Å². The summed E-state index contributed by atoms with van der Waals surface area (Å²) < 4.78 is 5.27. The van der Waals surface area contributed by atoms with E-state index in [1.807, 2.05) is 0 Å². The molecule has 0 atom stereocenters. The van der Waals surface area contributed by atoms with Gasteiger partial charge in [0, 0.05) is 17.1 Å². The highest BCUT2D eigenvalue weighted by molar-refractivity contribution is 6.31. The number of halogens is 1. The first-order chi connectivity index (χ1) is 12.0. The molecular weight excluding hydrogens is 344 g/mol. The fourth-order valence-corrected chi connectivity index (χ4v) is 3.05. The summed E-state index contributed by atoms with van der Waals surface area (Å²) in [5.41, 5.74) is 0.908. The fourth-order valence-electron chi connectivity index (χ4n) is 2.88. The Bertz CT molecular complexity index is 1120. The van der Waals surface area contributed by atoms with Crippen LogP contribution in [0.2, 0.25) is 5.02 Å². The van der Waals surface area contributed by atoms with Gasteiger partial charge in [0.1, 0.15) is 0 Å². The zero-order valence-electron chi connectivity index (χ0n) is 13.1. The Morgan fingerprint density at radius 3 is 2.56 bits per heavy atom. The molecule has 4 rings (SSSR count). The van der Waals surface area contributed by atoms with Gasteiger partial charge in [-0.2, -0.15) is 0 Å². The van der Waals surface area contributed by atoms with Crippen molar-refractivity contribution in [3.63, 3.8) is 0 Å². The summed E-state index contributed by atoms with van der Waals surface area (Å²) >= 11 is 5.95. The van der Waals surface area contributed by atoms with E-state index in [-0.39, 0.29) is 23.3 Å². The van der Waals surface area contributed by atoms with Crippen molar-refractivity contribution in [1.82, 2.24) is 9.88 Å². The monoisotopic (exact) mass is 354 g/mol. The van der Waals surface area contributed by atoms with E-state index in [0.717, 1.165) is 4.90 Å². The van der Waals surface area contributed by atoms with Crippen LogP contribution in [0, 0.1) is 0 Å². The van der Waals surface area contributed by atoms with Crippen LogP contribution in [-0.2, 0) is 0 Å². The van der Waals surface area contributed by atoms with Crippen molar-refractivity contribution in [2.24, 2.45) is 0 Å². The predicted octanol–water partition coefficient (Wildman–Crippen LogP) is 3.12. The molecule has 0 spiro atoms. The van der Waals surface area contributed by atoms with E-state index in [9.17, 15) is 14.4 Å². The Morgan fingerprint density at radius 1 is 1.04 bits per heavy atom. The molecular formula is C18H11ClN2O4. The number of amides is 2. The molecule has 0 bridgehead atoms. The van der Waals surface area contributed by atoms with Gasteiger partial charge in [-0.1, -0.05) is 11.6 Å². The Kier molecular flexibility index (Phi) is 3.43. The van der Waals surface area contributed by atoms with Crippen LogP contribution in [0.25, 0.3) is 22.4 Å². The molecule has 1 aliphatic heterocycles. The zero-order valence-corrected chi connectivity index (χ0v) is 13.8. The Morgan fingerprint density at radius 2 is 1.80 bits per heavy atom. The summed E-state index contributed by atoms with van der Waals surface area (Å²) in [4.78, 5) is 42.1. The number of nitrogens with zero attached hydrogens (tertiary/aromatic N) is 2. The van der Waals surface area contributed by atoms with E-state index in [1.165, 1.54) is 6.07 Å². The largest absolute Gasteiger partial charge is 0.403 e. The summed E-state index contributed by atoms with van der Waals surface area (Å²) in [6.45, 7) is 2.03. The van der Waals surface area contributed by atoms with Crippen LogP contribution >= 0.6 is 11.6 Å². The molecule has 0 aliphatic carbocycles. The maximum absolute atomic E-state index is 12.3. The highest BCUT2D eigenvalue weighted by Gasteiger charge is 2.34. The molecule has 2 heterocycles. The summed E-state index contributed by atoms with van der Waals surface area (Å²) in [6.07, 6.45) is 0. The minimum Gasteiger partial charge on any atom is -0.403 e. The second-order valence-corrected chi connectivity index (χ2v) is 6.02. The second-order valence-electron chi connectivity index (χ2n) is 5.58. The van der Waals surface area contributed by atoms with Crippen LogP contribution in [-0.4, -0.2) is 28.2 Å². The van der Waals surface area contributed by atoms with Gasteiger partial charge in [-0.25, -0.2) is 9.78 Å². The number of carbonyl (C=O) groups excluding carboxylic acids is 2. The van der Waals surface area contributed by atoms with Crippen molar-refractivity contribution < 1.29 is 14.0 Å². The molecule has 25 heavy (non-hydrogen) atoms. The lowest BCUT2D eigenvalue weighted by Crippen LogP contribution is -2.29. The normalized spacial score (nSPS) is 13.6. The molecule has 0 N–H and O–H groups in total. The lowest BCUT2D eigenvalue weighted by molar-refractivity contribution is 0.0663. The molecule has 2 aromatic carbocycles. The van der Waals surface area contributed by atoms with Crippen LogP contribution in [0.1, 0.15) is 27.6 Å². The lowest BCUT2D eigenvalue weighted by atomic mass is 10.1. The number of hydrogen-bond acceptors (Lipinski definition) is 5. The van der Waals surface area contributed by atoms with E-state index in [4.69, 9.17) is 16.0 Å². The Labute approximate surface area is 146 Å². The molecule has 1 aromatic heterocycles. The first-order valence-electron chi connectivity index (χ1n) is 7.60. The SMILES string of the molecule is CCN1C(=O)c2ccc(-c3nc4cc(Cl)ccc4c(=O)o3)cc2C1=O. The van der Waals surface area contributed by atoms with Gasteiger partial charge in [-0.3, -0.25) is 14.5 Å². The third-order valence-corrected chi connectivity index (χ3v) is 4.36. The zero-order chi connectivity index (χ0) is 17.7. The summed E-state index contributed by atoms with van der Waals surface area (Å²) in [6, 6.07) is 9.37. The number of rotatable bonds is 2.